The van der Waals surface area contributed by atoms with Crippen molar-refractivity contribution in [2.24, 2.45) is 10.7 Å². The molecule has 142 valence electrons. The van der Waals surface area contributed by atoms with Gasteiger partial charge in [-0.1, -0.05) is 23.7 Å². The lowest BCUT2D eigenvalue weighted by Crippen LogP contribution is -2.35. The first-order valence-electron chi connectivity index (χ1n) is 8.65. The number of ether oxygens (including phenoxy) is 1. The van der Waals surface area contributed by atoms with E-state index in [2.05, 4.69) is 4.99 Å². The fraction of sp³-hybridized carbons (Fsp3) is 0.0952. The van der Waals surface area contributed by atoms with E-state index < -0.39 is 6.17 Å². The molecular formula is C21H18ClFN4O. The minimum Gasteiger partial charge on any atom is -0.487 e. The second-order valence-corrected chi connectivity index (χ2v) is 6.86. The summed E-state index contributed by atoms with van der Waals surface area (Å²) >= 11 is 6.39. The van der Waals surface area contributed by atoms with Crippen LogP contribution in [0.1, 0.15) is 17.3 Å². The largest absolute Gasteiger partial charge is 0.487 e. The Kier molecular flexibility index (Phi) is 4.90. The van der Waals surface area contributed by atoms with Crippen LogP contribution >= 0.6 is 11.6 Å². The summed E-state index contributed by atoms with van der Waals surface area (Å²) < 4.78 is 19.0. The van der Waals surface area contributed by atoms with E-state index in [9.17, 15) is 4.39 Å². The van der Waals surface area contributed by atoms with Gasteiger partial charge in [0.05, 0.1) is 17.0 Å². The molecule has 1 aliphatic rings. The summed E-state index contributed by atoms with van der Waals surface area (Å²) in [5.41, 5.74) is 16.0. The number of nitrogens with zero attached hydrogens (tertiary/aromatic N) is 2. The van der Waals surface area contributed by atoms with Gasteiger partial charge in [-0.05, 0) is 54.1 Å². The van der Waals surface area contributed by atoms with Gasteiger partial charge in [0.1, 0.15) is 24.3 Å². The van der Waals surface area contributed by atoms with Crippen molar-refractivity contribution in [2.75, 3.05) is 10.6 Å². The zero-order valence-electron chi connectivity index (χ0n) is 14.8. The molecule has 28 heavy (non-hydrogen) atoms. The lowest BCUT2D eigenvalue weighted by molar-refractivity contribution is 0.306. The van der Waals surface area contributed by atoms with Crippen LogP contribution in [0.4, 0.5) is 21.5 Å². The smallest absolute Gasteiger partial charge is 0.138 e. The Morgan fingerprint density at radius 3 is 2.75 bits per heavy atom. The molecule has 0 saturated heterocycles. The standard InChI is InChI=1S/C21H18ClFN4O/c22-18-10-16(5-7-20(18)28-11-13-2-1-3-14(23)8-13)27-12-26-19-6-4-15(24)9-17(19)21(27)25/h1-10,12,21H,11,24-25H2. The summed E-state index contributed by atoms with van der Waals surface area (Å²) in [6, 6.07) is 17.1. The van der Waals surface area contributed by atoms with Gasteiger partial charge in [-0.2, -0.15) is 0 Å². The van der Waals surface area contributed by atoms with E-state index in [0.29, 0.717) is 16.5 Å². The molecule has 0 amide bonds. The predicted molar refractivity (Wildman–Crippen MR) is 111 cm³/mol. The Bertz CT molecular complexity index is 1060. The summed E-state index contributed by atoms with van der Waals surface area (Å²) in [6.45, 7) is 0.216. The van der Waals surface area contributed by atoms with Crippen molar-refractivity contribution in [3.05, 3.63) is 82.6 Å². The van der Waals surface area contributed by atoms with Gasteiger partial charge in [0.25, 0.3) is 0 Å². The zero-order valence-corrected chi connectivity index (χ0v) is 15.6. The summed E-state index contributed by atoms with van der Waals surface area (Å²) in [7, 11) is 0. The lowest BCUT2D eigenvalue weighted by atomic mass is 10.1. The third kappa shape index (κ3) is 3.65. The number of rotatable bonds is 4. The molecule has 1 atom stereocenters. The molecule has 0 saturated carbocycles. The van der Waals surface area contributed by atoms with Gasteiger partial charge < -0.3 is 21.1 Å². The van der Waals surface area contributed by atoms with Gasteiger partial charge in [0, 0.05) is 16.9 Å². The molecular weight excluding hydrogens is 379 g/mol. The molecule has 0 radical (unpaired) electrons. The molecule has 0 bridgehead atoms. The van der Waals surface area contributed by atoms with E-state index in [1.807, 2.05) is 23.1 Å². The Balaban J connectivity index is 1.53. The van der Waals surface area contributed by atoms with Crippen LogP contribution in [0.3, 0.4) is 0 Å². The molecule has 1 aliphatic heterocycles. The second-order valence-electron chi connectivity index (χ2n) is 6.45. The number of nitrogen functional groups attached to an aromatic ring is 1. The maximum absolute atomic E-state index is 13.3. The quantitative estimate of drug-likeness (QED) is 0.622. The fourth-order valence-corrected chi connectivity index (χ4v) is 3.29. The Hall–Kier alpha value is -3.09. The van der Waals surface area contributed by atoms with Crippen LogP contribution in [0.5, 0.6) is 5.75 Å². The first-order valence-corrected chi connectivity index (χ1v) is 9.03. The second kappa shape index (κ2) is 7.50. The first-order chi connectivity index (χ1) is 13.5. The summed E-state index contributed by atoms with van der Waals surface area (Å²) in [6.07, 6.45) is 1.23. The number of benzene rings is 3. The molecule has 4 N–H and O–H groups in total. The molecule has 5 nitrogen and oxygen atoms in total. The van der Waals surface area contributed by atoms with Crippen molar-refractivity contribution in [1.29, 1.82) is 0 Å². The predicted octanol–water partition coefficient (Wildman–Crippen LogP) is 4.78. The van der Waals surface area contributed by atoms with E-state index in [-0.39, 0.29) is 12.4 Å². The van der Waals surface area contributed by atoms with Gasteiger partial charge >= 0.3 is 0 Å². The monoisotopic (exact) mass is 396 g/mol. The van der Waals surface area contributed by atoms with Crippen LogP contribution in [0.25, 0.3) is 0 Å². The zero-order chi connectivity index (χ0) is 19.7. The van der Waals surface area contributed by atoms with Crippen molar-refractivity contribution >= 4 is 35.0 Å². The lowest BCUT2D eigenvalue weighted by Gasteiger charge is -2.31. The van der Waals surface area contributed by atoms with E-state index in [1.165, 1.54) is 12.1 Å². The first kappa shape index (κ1) is 18.3. The molecule has 1 heterocycles. The van der Waals surface area contributed by atoms with Crippen LogP contribution in [-0.4, -0.2) is 6.34 Å². The summed E-state index contributed by atoms with van der Waals surface area (Å²) in [5, 5.41) is 0.424. The normalized spacial score (nSPS) is 15.4. The maximum Gasteiger partial charge on any atom is 0.138 e. The van der Waals surface area contributed by atoms with E-state index in [0.717, 1.165) is 22.5 Å². The van der Waals surface area contributed by atoms with Crippen molar-refractivity contribution < 1.29 is 9.13 Å². The number of hydrogen-bond acceptors (Lipinski definition) is 5. The van der Waals surface area contributed by atoms with E-state index >= 15 is 0 Å². The molecule has 0 aliphatic carbocycles. The number of fused-ring (bicyclic) bond motifs is 1. The molecule has 4 rings (SSSR count). The van der Waals surface area contributed by atoms with Gasteiger partial charge in [-0.15, -0.1) is 0 Å². The Labute approximate surface area is 167 Å². The number of anilines is 2. The molecule has 1 unspecified atom stereocenters. The van der Waals surface area contributed by atoms with Gasteiger partial charge in [-0.25, -0.2) is 9.38 Å². The number of nitrogens with two attached hydrogens (primary N) is 2. The highest BCUT2D eigenvalue weighted by atomic mass is 35.5. The minimum atomic E-state index is -0.439. The Morgan fingerprint density at radius 1 is 1.11 bits per heavy atom. The summed E-state index contributed by atoms with van der Waals surface area (Å²) in [4.78, 5) is 6.24. The van der Waals surface area contributed by atoms with Crippen LogP contribution in [0.15, 0.2) is 65.7 Å². The number of aliphatic imine (C=N–C) groups is 1. The highest BCUT2D eigenvalue weighted by molar-refractivity contribution is 6.32. The SMILES string of the molecule is Nc1ccc2c(c1)C(N)N(c1ccc(OCc3cccc(F)c3)c(Cl)c1)C=N2. The van der Waals surface area contributed by atoms with Crippen molar-refractivity contribution in [1.82, 2.24) is 0 Å². The van der Waals surface area contributed by atoms with Gasteiger partial charge in [-0.3, -0.25) is 0 Å². The number of hydrogen-bond donors (Lipinski definition) is 2. The molecule has 3 aromatic rings. The molecule has 0 aromatic heterocycles. The van der Waals surface area contributed by atoms with Crippen molar-refractivity contribution in [3.63, 3.8) is 0 Å². The third-order valence-corrected chi connectivity index (χ3v) is 4.78. The van der Waals surface area contributed by atoms with E-state index in [4.69, 9.17) is 27.8 Å². The molecule has 0 fully saturated rings. The average molecular weight is 397 g/mol. The highest BCUT2D eigenvalue weighted by Crippen LogP contribution is 2.36. The Morgan fingerprint density at radius 2 is 1.96 bits per heavy atom. The third-order valence-electron chi connectivity index (χ3n) is 4.49. The minimum absolute atomic E-state index is 0.216. The van der Waals surface area contributed by atoms with Gasteiger partial charge in [0.15, 0.2) is 0 Å². The van der Waals surface area contributed by atoms with Crippen LogP contribution in [0, 0.1) is 5.82 Å². The van der Waals surface area contributed by atoms with Crippen LogP contribution in [0.2, 0.25) is 5.02 Å². The molecule has 3 aromatic carbocycles. The molecule has 7 heteroatoms. The summed E-state index contributed by atoms with van der Waals surface area (Å²) in [5.74, 6) is 0.198. The van der Waals surface area contributed by atoms with Gasteiger partial charge in [0.2, 0.25) is 0 Å². The van der Waals surface area contributed by atoms with E-state index in [1.54, 1.807) is 36.7 Å². The van der Waals surface area contributed by atoms with Crippen LogP contribution < -0.4 is 21.1 Å². The average Bonchev–Trinajstić information content (AvgIpc) is 2.68. The molecule has 0 spiro atoms. The highest BCUT2D eigenvalue weighted by Gasteiger charge is 2.23. The van der Waals surface area contributed by atoms with Crippen molar-refractivity contribution in [2.45, 2.75) is 12.8 Å². The fourth-order valence-electron chi connectivity index (χ4n) is 3.06. The number of halogens is 2. The topological polar surface area (TPSA) is 76.9 Å². The van der Waals surface area contributed by atoms with Crippen molar-refractivity contribution in [3.8, 4) is 5.75 Å². The van der Waals surface area contributed by atoms with Crippen LogP contribution in [-0.2, 0) is 6.61 Å². The maximum atomic E-state index is 13.3.